The second-order valence-corrected chi connectivity index (χ2v) is 5.70. The van der Waals surface area contributed by atoms with E-state index in [4.69, 9.17) is 4.74 Å². The largest absolute Gasteiger partial charge is 0.497 e. The second kappa shape index (κ2) is 5.86. The molecule has 112 valence electrons. The van der Waals surface area contributed by atoms with Crippen LogP contribution in [0.5, 0.6) is 5.75 Å². The van der Waals surface area contributed by atoms with Crippen LogP contribution in [-0.4, -0.2) is 17.8 Å². The summed E-state index contributed by atoms with van der Waals surface area (Å²) in [6.45, 7) is 5.55. The summed E-state index contributed by atoms with van der Waals surface area (Å²) in [7, 11) is 1.59. The number of halogens is 1. The molecule has 1 aromatic carbocycles. The Labute approximate surface area is 125 Å². The summed E-state index contributed by atoms with van der Waals surface area (Å²) < 4.78 is 19.5. The van der Waals surface area contributed by atoms with E-state index in [1.165, 1.54) is 6.08 Å². The van der Waals surface area contributed by atoms with Gasteiger partial charge in [0, 0.05) is 11.5 Å². The van der Waals surface area contributed by atoms with E-state index in [0.717, 1.165) is 16.9 Å². The molecule has 0 saturated carbocycles. The van der Waals surface area contributed by atoms with Gasteiger partial charge in [0.1, 0.15) is 11.6 Å². The molecule has 21 heavy (non-hydrogen) atoms. The lowest BCUT2D eigenvalue weighted by atomic mass is 9.79. The Morgan fingerprint density at radius 2 is 1.95 bits per heavy atom. The first kappa shape index (κ1) is 15.5. The molecule has 0 amide bonds. The number of benzene rings is 1. The molecule has 2 atom stereocenters. The summed E-state index contributed by atoms with van der Waals surface area (Å²) in [4.78, 5) is 0. The molecule has 1 N–H and O–H groups in total. The van der Waals surface area contributed by atoms with E-state index < -0.39 is 5.60 Å². The van der Waals surface area contributed by atoms with E-state index in [0.29, 0.717) is 5.57 Å². The molecule has 0 aromatic heterocycles. The number of ether oxygens (including phenoxy) is 1. The number of allylic oxidation sites excluding steroid dienone is 3. The van der Waals surface area contributed by atoms with E-state index in [9.17, 15) is 9.50 Å². The van der Waals surface area contributed by atoms with Crippen molar-refractivity contribution in [2.24, 2.45) is 5.92 Å². The highest BCUT2D eigenvalue weighted by atomic mass is 19.1. The van der Waals surface area contributed by atoms with Crippen LogP contribution in [0.25, 0.3) is 6.08 Å². The first-order chi connectivity index (χ1) is 9.83. The van der Waals surface area contributed by atoms with E-state index in [2.05, 4.69) is 0 Å². The smallest absolute Gasteiger partial charge is 0.130 e. The van der Waals surface area contributed by atoms with Gasteiger partial charge < -0.3 is 9.84 Å². The highest BCUT2D eigenvalue weighted by Crippen LogP contribution is 2.35. The van der Waals surface area contributed by atoms with Crippen molar-refractivity contribution in [3.8, 4) is 5.75 Å². The zero-order chi connectivity index (χ0) is 15.6. The molecule has 3 heteroatoms. The minimum atomic E-state index is -1.03. The Balaban J connectivity index is 2.30. The monoisotopic (exact) mass is 288 g/mol. The van der Waals surface area contributed by atoms with E-state index in [1.807, 2.05) is 13.8 Å². The summed E-state index contributed by atoms with van der Waals surface area (Å²) in [5, 5.41) is 10.3. The van der Waals surface area contributed by atoms with E-state index in [-0.39, 0.29) is 11.7 Å². The molecule has 0 saturated heterocycles. The van der Waals surface area contributed by atoms with Crippen LogP contribution < -0.4 is 4.74 Å². The van der Waals surface area contributed by atoms with Crippen LogP contribution in [0, 0.1) is 5.92 Å². The van der Waals surface area contributed by atoms with Crippen molar-refractivity contribution in [3.05, 3.63) is 59.0 Å². The molecule has 0 bridgehead atoms. The van der Waals surface area contributed by atoms with Crippen LogP contribution in [0.2, 0.25) is 0 Å². The number of rotatable bonds is 3. The van der Waals surface area contributed by atoms with Gasteiger partial charge in [0.2, 0.25) is 0 Å². The minimum absolute atomic E-state index is 0.0185. The van der Waals surface area contributed by atoms with Gasteiger partial charge in [-0.1, -0.05) is 30.7 Å². The van der Waals surface area contributed by atoms with Crippen LogP contribution in [0.1, 0.15) is 26.3 Å². The molecule has 0 radical (unpaired) electrons. The van der Waals surface area contributed by atoms with Crippen LogP contribution in [0.15, 0.2) is 53.4 Å². The number of methoxy groups -OCH3 is 1. The minimum Gasteiger partial charge on any atom is -0.497 e. The highest BCUT2D eigenvalue weighted by Gasteiger charge is 2.31. The first-order valence-electron chi connectivity index (χ1n) is 6.98. The van der Waals surface area contributed by atoms with Gasteiger partial charge in [-0.15, -0.1) is 0 Å². The van der Waals surface area contributed by atoms with E-state index >= 15 is 0 Å². The van der Waals surface area contributed by atoms with Gasteiger partial charge in [-0.05, 0) is 43.7 Å². The molecule has 2 rings (SSSR count). The van der Waals surface area contributed by atoms with Crippen LogP contribution in [0.4, 0.5) is 4.39 Å². The molecule has 0 heterocycles. The molecule has 0 spiro atoms. The predicted molar refractivity (Wildman–Crippen MR) is 83.7 cm³/mol. The topological polar surface area (TPSA) is 29.5 Å². The Bertz CT molecular complexity index is 607. The molecular formula is C18H21FO2. The van der Waals surface area contributed by atoms with Gasteiger partial charge >= 0.3 is 0 Å². The van der Waals surface area contributed by atoms with Crippen molar-refractivity contribution < 1.29 is 14.2 Å². The van der Waals surface area contributed by atoms with Gasteiger partial charge in [-0.3, -0.25) is 0 Å². The van der Waals surface area contributed by atoms with Gasteiger partial charge in [0.05, 0.1) is 12.7 Å². The van der Waals surface area contributed by atoms with Crippen LogP contribution >= 0.6 is 0 Å². The third-order valence-corrected chi connectivity index (χ3v) is 4.08. The summed E-state index contributed by atoms with van der Waals surface area (Å²) in [5.41, 5.74) is 1.11. The maximum absolute atomic E-state index is 14.4. The molecular weight excluding hydrogens is 267 g/mol. The van der Waals surface area contributed by atoms with Crippen molar-refractivity contribution in [2.75, 3.05) is 7.11 Å². The fraction of sp³-hybridized carbons (Fsp3) is 0.333. The predicted octanol–water partition coefficient (Wildman–Crippen LogP) is 4.28. The van der Waals surface area contributed by atoms with Crippen molar-refractivity contribution >= 4 is 6.08 Å². The Kier molecular flexibility index (Phi) is 4.33. The molecule has 2 nitrogen and oxygen atoms in total. The SMILES string of the molecule is COc1ccc(/C=C(/F)C2=CC(C)(O)C(C)C(C)=C2)cc1. The molecule has 1 aromatic rings. The quantitative estimate of drug-likeness (QED) is 0.899. The normalized spacial score (nSPS) is 26.2. The van der Waals surface area contributed by atoms with Crippen molar-refractivity contribution in [1.82, 2.24) is 0 Å². The average molecular weight is 288 g/mol. The summed E-state index contributed by atoms with van der Waals surface area (Å²) in [6.07, 6.45) is 4.83. The molecule has 0 aliphatic heterocycles. The summed E-state index contributed by atoms with van der Waals surface area (Å²) in [5.74, 6) is 0.360. The summed E-state index contributed by atoms with van der Waals surface area (Å²) >= 11 is 0. The maximum Gasteiger partial charge on any atom is 0.130 e. The van der Waals surface area contributed by atoms with Gasteiger partial charge in [0.25, 0.3) is 0 Å². The fourth-order valence-electron chi connectivity index (χ4n) is 2.38. The first-order valence-corrected chi connectivity index (χ1v) is 6.98. The fourth-order valence-corrected chi connectivity index (χ4v) is 2.38. The Hall–Kier alpha value is -1.87. The lowest BCUT2D eigenvalue weighted by Gasteiger charge is -2.32. The molecule has 2 unspecified atom stereocenters. The Morgan fingerprint density at radius 1 is 1.33 bits per heavy atom. The van der Waals surface area contributed by atoms with Gasteiger partial charge in [-0.2, -0.15) is 0 Å². The Morgan fingerprint density at radius 3 is 2.48 bits per heavy atom. The molecule has 0 fully saturated rings. The number of hydrogen-bond acceptors (Lipinski definition) is 2. The summed E-state index contributed by atoms with van der Waals surface area (Å²) in [6, 6.07) is 7.15. The number of aliphatic hydroxyl groups is 1. The lowest BCUT2D eigenvalue weighted by molar-refractivity contribution is 0.0672. The average Bonchev–Trinajstić information content (AvgIpc) is 2.45. The van der Waals surface area contributed by atoms with Crippen LogP contribution in [-0.2, 0) is 0 Å². The standard InChI is InChI=1S/C18H21FO2/c1-12-9-15(11-18(3,20)13(12)2)17(19)10-14-5-7-16(21-4)8-6-14/h5-11,13,20H,1-4H3/b17-10+. The third kappa shape index (κ3) is 3.42. The highest BCUT2D eigenvalue weighted by molar-refractivity contribution is 5.60. The van der Waals surface area contributed by atoms with Gasteiger partial charge in [-0.25, -0.2) is 4.39 Å². The molecule has 1 aliphatic rings. The molecule has 1 aliphatic carbocycles. The zero-order valence-electron chi connectivity index (χ0n) is 12.9. The van der Waals surface area contributed by atoms with Gasteiger partial charge in [0.15, 0.2) is 0 Å². The third-order valence-electron chi connectivity index (χ3n) is 4.08. The van der Waals surface area contributed by atoms with E-state index in [1.54, 1.807) is 50.5 Å². The maximum atomic E-state index is 14.4. The lowest BCUT2D eigenvalue weighted by Crippen LogP contribution is -2.33. The van der Waals surface area contributed by atoms with Crippen molar-refractivity contribution in [3.63, 3.8) is 0 Å². The number of hydrogen-bond donors (Lipinski definition) is 1. The second-order valence-electron chi connectivity index (χ2n) is 5.70. The zero-order valence-corrected chi connectivity index (χ0v) is 12.9. The van der Waals surface area contributed by atoms with Crippen molar-refractivity contribution in [2.45, 2.75) is 26.4 Å². The van der Waals surface area contributed by atoms with Crippen LogP contribution in [0.3, 0.4) is 0 Å². The van der Waals surface area contributed by atoms with Crippen molar-refractivity contribution in [1.29, 1.82) is 0 Å².